The molecule has 1 aliphatic rings. The summed E-state index contributed by atoms with van der Waals surface area (Å²) in [6, 6.07) is 0. The molecule has 1 saturated carbocycles. The Hall–Kier alpha value is -0.330. The minimum atomic E-state index is -0.0461. The number of ketones is 1. The van der Waals surface area contributed by atoms with Crippen LogP contribution in [0.2, 0.25) is 0 Å². The molecule has 0 aliphatic heterocycles. The van der Waals surface area contributed by atoms with Gasteiger partial charge < -0.3 is 0 Å². The van der Waals surface area contributed by atoms with E-state index in [1.165, 1.54) is 6.42 Å². The summed E-state index contributed by atoms with van der Waals surface area (Å²) in [6.07, 6.45) is 3.00. The lowest BCUT2D eigenvalue weighted by atomic mass is 9.66. The number of hydrogen-bond donors (Lipinski definition) is 0. The molecule has 0 unspecified atom stereocenters. The predicted octanol–water partition coefficient (Wildman–Crippen LogP) is 3.82. The highest BCUT2D eigenvalue weighted by molar-refractivity contribution is 5.85. The zero-order valence-corrected chi connectivity index (χ0v) is 10.0. The molecule has 1 nitrogen and oxygen atoms in total. The van der Waals surface area contributed by atoms with Crippen molar-refractivity contribution in [2.24, 2.45) is 10.8 Å². The van der Waals surface area contributed by atoms with Crippen molar-refractivity contribution in [3.63, 3.8) is 0 Å². The molecule has 0 heterocycles. The van der Waals surface area contributed by atoms with Gasteiger partial charge in [-0.15, -0.1) is 0 Å². The standard InChI is InChI=1S/C10H18O.C2H6/c1-9(2)5-6-10(3,4)8(11)7-9;1-2/h5-7H2,1-4H3;1-2H3. The highest BCUT2D eigenvalue weighted by atomic mass is 16.1. The minimum absolute atomic E-state index is 0.0461. The predicted molar refractivity (Wildman–Crippen MR) is 57.8 cm³/mol. The number of rotatable bonds is 0. The number of carbonyl (C=O) groups excluding carboxylic acids is 1. The Morgan fingerprint density at radius 2 is 1.46 bits per heavy atom. The molecule has 0 aromatic rings. The van der Waals surface area contributed by atoms with E-state index >= 15 is 0 Å². The Labute approximate surface area is 82.9 Å². The monoisotopic (exact) mass is 184 g/mol. The summed E-state index contributed by atoms with van der Waals surface area (Å²) in [7, 11) is 0. The van der Waals surface area contributed by atoms with Crippen LogP contribution in [0.1, 0.15) is 60.8 Å². The van der Waals surface area contributed by atoms with Gasteiger partial charge in [0.05, 0.1) is 0 Å². The van der Waals surface area contributed by atoms with Crippen LogP contribution in [0.15, 0.2) is 0 Å². The third-order valence-electron chi connectivity index (χ3n) is 2.82. The lowest BCUT2D eigenvalue weighted by Crippen LogP contribution is -2.35. The molecular formula is C12H24O. The normalized spacial score (nSPS) is 24.6. The summed E-state index contributed by atoms with van der Waals surface area (Å²) in [4.78, 5) is 11.5. The van der Waals surface area contributed by atoms with Crippen molar-refractivity contribution in [1.82, 2.24) is 0 Å². The Morgan fingerprint density at radius 3 is 1.77 bits per heavy atom. The van der Waals surface area contributed by atoms with Gasteiger partial charge in [0.2, 0.25) is 0 Å². The van der Waals surface area contributed by atoms with Crippen LogP contribution in [0.3, 0.4) is 0 Å². The molecule has 0 N–H and O–H groups in total. The molecule has 0 radical (unpaired) electrons. The maximum atomic E-state index is 11.5. The second-order valence-electron chi connectivity index (χ2n) is 5.15. The van der Waals surface area contributed by atoms with Crippen molar-refractivity contribution >= 4 is 5.78 Å². The van der Waals surface area contributed by atoms with E-state index in [1.54, 1.807) is 0 Å². The average Bonchev–Trinajstić information content (AvgIpc) is 2.02. The highest BCUT2D eigenvalue weighted by Crippen LogP contribution is 2.41. The summed E-state index contributed by atoms with van der Waals surface area (Å²) < 4.78 is 0. The van der Waals surface area contributed by atoms with E-state index in [-0.39, 0.29) is 10.8 Å². The summed E-state index contributed by atoms with van der Waals surface area (Å²) in [5.41, 5.74) is 0.210. The van der Waals surface area contributed by atoms with E-state index in [0.717, 1.165) is 12.8 Å². The Morgan fingerprint density at radius 1 is 1.00 bits per heavy atom. The van der Waals surface area contributed by atoms with Crippen molar-refractivity contribution in [3.8, 4) is 0 Å². The van der Waals surface area contributed by atoms with Gasteiger partial charge in [0.15, 0.2) is 0 Å². The second kappa shape index (κ2) is 4.26. The van der Waals surface area contributed by atoms with Crippen LogP contribution in [0.25, 0.3) is 0 Å². The van der Waals surface area contributed by atoms with Gasteiger partial charge in [-0.1, -0.05) is 41.5 Å². The SMILES string of the molecule is CC.CC1(C)CCC(C)(C)C(=O)C1. The van der Waals surface area contributed by atoms with Gasteiger partial charge in [-0.25, -0.2) is 0 Å². The van der Waals surface area contributed by atoms with E-state index in [1.807, 2.05) is 13.8 Å². The number of carbonyl (C=O) groups is 1. The van der Waals surface area contributed by atoms with Gasteiger partial charge in [-0.3, -0.25) is 4.79 Å². The summed E-state index contributed by atoms with van der Waals surface area (Å²) in [5, 5.41) is 0. The van der Waals surface area contributed by atoms with Crippen LogP contribution in [-0.4, -0.2) is 5.78 Å². The second-order valence-corrected chi connectivity index (χ2v) is 5.15. The van der Waals surface area contributed by atoms with E-state index < -0.39 is 0 Å². The van der Waals surface area contributed by atoms with E-state index in [4.69, 9.17) is 0 Å². The molecule has 78 valence electrons. The molecule has 0 aromatic carbocycles. The van der Waals surface area contributed by atoms with Gasteiger partial charge >= 0.3 is 0 Å². The summed E-state index contributed by atoms with van der Waals surface area (Å²) >= 11 is 0. The molecular weight excluding hydrogens is 160 g/mol. The first kappa shape index (κ1) is 12.7. The van der Waals surface area contributed by atoms with Gasteiger partial charge in [-0.2, -0.15) is 0 Å². The maximum absolute atomic E-state index is 11.5. The molecule has 0 aromatic heterocycles. The first-order chi connectivity index (χ1) is 5.83. The van der Waals surface area contributed by atoms with E-state index in [0.29, 0.717) is 5.78 Å². The third-order valence-corrected chi connectivity index (χ3v) is 2.82. The highest BCUT2D eigenvalue weighted by Gasteiger charge is 2.38. The first-order valence-corrected chi connectivity index (χ1v) is 5.37. The summed E-state index contributed by atoms with van der Waals surface area (Å²) in [6.45, 7) is 12.5. The molecule has 1 heteroatoms. The van der Waals surface area contributed by atoms with Crippen molar-refractivity contribution in [2.75, 3.05) is 0 Å². The lowest BCUT2D eigenvalue weighted by Gasteiger charge is -2.37. The fourth-order valence-electron chi connectivity index (χ4n) is 1.55. The van der Waals surface area contributed by atoms with Gasteiger partial charge in [0, 0.05) is 11.8 Å². The topological polar surface area (TPSA) is 17.1 Å². The zero-order chi connectivity index (χ0) is 10.7. The summed E-state index contributed by atoms with van der Waals surface area (Å²) in [5.74, 6) is 0.439. The molecule has 0 atom stereocenters. The first-order valence-electron chi connectivity index (χ1n) is 5.37. The molecule has 13 heavy (non-hydrogen) atoms. The molecule has 0 bridgehead atoms. The largest absolute Gasteiger partial charge is 0.299 e. The van der Waals surface area contributed by atoms with Crippen molar-refractivity contribution in [3.05, 3.63) is 0 Å². The van der Waals surface area contributed by atoms with Gasteiger partial charge in [0.25, 0.3) is 0 Å². The quantitative estimate of drug-likeness (QED) is 0.559. The van der Waals surface area contributed by atoms with Crippen LogP contribution < -0.4 is 0 Å². The number of hydrogen-bond acceptors (Lipinski definition) is 1. The molecule has 0 amide bonds. The van der Waals surface area contributed by atoms with E-state index in [9.17, 15) is 4.79 Å². The van der Waals surface area contributed by atoms with Crippen molar-refractivity contribution in [2.45, 2.75) is 60.8 Å². The van der Waals surface area contributed by atoms with Crippen LogP contribution in [0, 0.1) is 10.8 Å². The van der Waals surface area contributed by atoms with Crippen molar-refractivity contribution < 1.29 is 4.79 Å². The maximum Gasteiger partial charge on any atom is 0.139 e. The van der Waals surface area contributed by atoms with Crippen molar-refractivity contribution in [1.29, 1.82) is 0 Å². The van der Waals surface area contributed by atoms with E-state index in [2.05, 4.69) is 27.7 Å². The van der Waals surface area contributed by atoms with Crippen LogP contribution in [-0.2, 0) is 4.79 Å². The van der Waals surface area contributed by atoms with Gasteiger partial charge in [-0.05, 0) is 18.3 Å². The van der Waals surface area contributed by atoms with Gasteiger partial charge in [0.1, 0.15) is 5.78 Å². The lowest BCUT2D eigenvalue weighted by molar-refractivity contribution is -0.132. The fourth-order valence-corrected chi connectivity index (χ4v) is 1.55. The Balaban J connectivity index is 0.000000671. The molecule has 0 saturated heterocycles. The van der Waals surface area contributed by atoms with Crippen LogP contribution in [0.4, 0.5) is 0 Å². The molecule has 0 spiro atoms. The average molecular weight is 184 g/mol. The smallest absolute Gasteiger partial charge is 0.139 e. The zero-order valence-electron chi connectivity index (χ0n) is 10.0. The molecule has 1 aliphatic carbocycles. The van der Waals surface area contributed by atoms with Crippen LogP contribution in [0.5, 0.6) is 0 Å². The third kappa shape index (κ3) is 3.50. The molecule has 1 fully saturated rings. The molecule has 1 rings (SSSR count). The number of Topliss-reactive ketones (excluding diaryl/α,β-unsaturated/α-hetero) is 1. The van der Waals surface area contributed by atoms with Crippen LogP contribution >= 0.6 is 0 Å². The fraction of sp³-hybridized carbons (Fsp3) is 0.917. The Bertz CT molecular complexity index is 178. The Kier molecular flexibility index (Phi) is 4.15. The minimum Gasteiger partial charge on any atom is -0.299 e.